The minimum absolute atomic E-state index is 0.0819. The summed E-state index contributed by atoms with van der Waals surface area (Å²) in [5.74, 6) is 0.851. The molecular weight excluding hydrogens is 472 g/mol. The van der Waals surface area contributed by atoms with Gasteiger partial charge >= 0.3 is 5.97 Å². The zero-order valence-electron chi connectivity index (χ0n) is 21.6. The van der Waals surface area contributed by atoms with Crippen molar-refractivity contribution >= 4 is 16.9 Å². The second-order valence-electron chi connectivity index (χ2n) is 8.89. The third-order valence-corrected chi connectivity index (χ3v) is 6.28. The lowest BCUT2D eigenvalue weighted by Crippen LogP contribution is -2.33. The summed E-state index contributed by atoms with van der Waals surface area (Å²) >= 11 is 0. The van der Waals surface area contributed by atoms with Crippen molar-refractivity contribution in [1.82, 2.24) is 30.1 Å². The van der Waals surface area contributed by atoms with Crippen LogP contribution in [0.2, 0.25) is 0 Å². The van der Waals surface area contributed by atoms with Gasteiger partial charge in [0.2, 0.25) is 0 Å². The number of rotatable bonds is 11. The highest BCUT2D eigenvalue weighted by Gasteiger charge is 2.27. The lowest BCUT2D eigenvalue weighted by Gasteiger charge is -2.30. The van der Waals surface area contributed by atoms with Crippen molar-refractivity contribution in [3.63, 3.8) is 0 Å². The van der Waals surface area contributed by atoms with Gasteiger partial charge < -0.3 is 14.5 Å². The van der Waals surface area contributed by atoms with Crippen LogP contribution in [0.3, 0.4) is 0 Å². The van der Waals surface area contributed by atoms with Gasteiger partial charge in [0.15, 0.2) is 5.82 Å². The topological polar surface area (TPSA) is 115 Å². The van der Waals surface area contributed by atoms with Crippen LogP contribution in [0.5, 0.6) is 5.75 Å². The van der Waals surface area contributed by atoms with Crippen molar-refractivity contribution in [1.29, 1.82) is 0 Å². The number of carbonyl (C=O) groups excluding carboxylic acids is 1. The molecule has 4 rings (SSSR count). The highest BCUT2D eigenvalue weighted by molar-refractivity contribution is 5.80. The van der Waals surface area contributed by atoms with E-state index in [1.54, 1.807) is 14.0 Å². The number of hydrogen-bond donors (Lipinski definition) is 1. The number of H-pyrrole nitrogens is 1. The van der Waals surface area contributed by atoms with E-state index < -0.39 is 5.97 Å². The molecule has 0 aliphatic heterocycles. The van der Waals surface area contributed by atoms with Gasteiger partial charge in [-0.2, -0.15) is 0 Å². The standard InChI is InChI=1S/C27H32N6O4/c1-5-24(26-29-30-31-33(26)17-25(34)37-6-2)32(15-19-9-7-18(3)8-10-19)16-21-13-20-14-22(36-4)11-12-23(20)28-27(21)35/h7-14,24H,5-6,15-17H2,1-4H3,(H,28,35). The van der Waals surface area contributed by atoms with Crippen molar-refractivity contribution < 1.29 is 14.3 Å². The molecule has 1 atom stereocenters. The molecule has 0 aliphatic carbocycles. The number of fused-ring (bicyclic) bond motifs is 1. The van der Waals surface area contributed by atoms with Crippen LogP contribution in [0, 0.1) is 6.92 Å². The normalized spacial score (nSPS) is 12.1. The van der Waals surface area contributed by atoms with Gasteiger partial charge in [-0.15, -0.1) is 5.10 Å². The minimum atomic E-state index is -0.407. The Labute approximate surface area is 215 Å². The zero-order chi connectivity index (χ0) is 26.4. The van der Waals surface area contributed by atoms with Crippen molar-refractivity contribution in [2.75, 3.05) is 13.7 Å². The molecule has 1 unspecified atom stereocenters. The molecule has 0 spiro atoms. The molecule has 2 aromatic heterocycles. The Bertz CT molecular complexity index is 1410. The third kappa shape index (κ3) is 6.21. The quantitative estimate of drug-likeness (QED) is 0.308. The van der Waals surface area contributed by atoms with E-state index in [0.717, 1.165) is 16.5 Å². The molecule has 0 saturated heterocycles. The molecule has 10 nitrogen and oxygen atoms in total. The van der Waals surface area contributed by atoms with E-state index in [4.69, 9.17) is 9.47 Å². The summed E-state index contributed by atoms with van der Waals surface area (Å²) in [6.45, 7) is 6.94. The SMILES string of the molecule is CCOC(=O)Cn1nnnc1C(CC)N(Cc1ccc(C)cc1)Cc1cc2cc(OC)ccc2[nH]c1=O. The van der Waals surface area contributed by atoms with Gasteiger partial charge in [-0.3, -0.25) is 14.5 Å². The van der Waals surface area contributed by atoms with Gasteiger partial charge in [-0.05, 0) is 60.5 Å². The molecule has 37 heavy (non-hydrogen) atoms. The second-order valence-corrected chi connectivity index (χ2v) is 8.89. The zero-order valence-corrected chi connectivity index (χ0v) is 21.6. The van der Waals surface area contributed by atoms with Crippen molar-refractivity contribution in [2.45, 2.75) is 52.9 Å². The van der Waals surface area contributed by atoms with Crippen molar-refractivity contribution in [3.05, 3.63) is 81.4 Å². The van der Waals surface area contributed by atoms with Gasteiger partial charge in [0, 0.05) is 29.6 Å². The molecule has 0 radical (unpaired) electrons. The van der Waals surface area contributed by atoms with Crippen LogP contribution in [0.4, 0.5) is 0 Å². The summed E-state index contributed by atoms with van der Waals surface area (Å²) in [5, 5.41) is 13.0. The number of ether oxygens (including phenoxy) is 2. The van der Waals surface area contributed by atoms with Crippen LogP contribution in [0.1, 0.15) is 48.8 Å². The van der Waals surface area contributed by atoms with Gasteiger partial charge in [0.25, 0.3) is 5.56 Å². The maximum atomic E-state index is 13.1. The number of hydrogen-bond acceptors (Lipinski definition) is 8. The molecule has 2 aromatic carbocycles. The van der Waals surface area contributed by atoms with E-state index in [-0.39, 0.29) is 24.8 Å². The molecule has 0 fully saturated rings. The van der Waals surface area contributed by atoms with Gasteiger partial charge in [0.1, 0.15) is 12.3 Å². The first-order valence-corrected chi connectivity index (χ1v) is 12.3. The highest BCUT2D eigenvalue weighted by atomic mass is 16.5. The molecule has 2 heterocycles. The maximum Gasteiger partial charge on any atom is 0.327 e. The fraction of sp³-hybridized carbons (Fsp3) is 0.370. The number of tetrazole rings is 1. The van der Waals surface area contributed by atoms with Crippen LogP contribution in [0.25, 0.3) is 10.9 Å². The Kier molecular flexibility index (Phi) is 8.29. The summed E-state index contributed by atoms with van der Waals surface area (Å²) in [4.78, 5) is 30.4. The second kappa shape index (κ2) is 11.8. The van der Waals surface area contributed by atoms with E-state index in [9.17, 15) is 9.59 Å². The van der Waals surface area contributed by atoms with Gasteiger partial charge in [-0.25, -0.2) is 4.68 Å². The Hall–Kier alpha value is -4.05. The third-order valence-electron chi connectivity index (χ3n) is 6.28. The number of pyridine rings is 1. The Morgan fingerprint density at radius 2 is 1.89 bits per heavy atom. The van der Waals surface area contributed by atoms with Gasteiger partial charge in [0.05, 0.1) is 19.8 Å². The van der Waals surface area contributed by atoms with E-state index in [0.29, 0.717) is 36.6 Å². The molecule has 10 heteroatoms. The summed E-state index contributed by atoms with van der Waals surface area (Å²) in [6.07, 6.45) is 0.661. The molecule has 4 aromatic rings. The monoisotopic (exact) mass is 504 g/mol. The number of nitrogens with zero attached hydrogens (tertiary/aromatic N) is 5. The van der Waals surface area contributed by atoms with E-state index in [1.165, 1.54) is 10.2 Å². The first-order valence-electron chi connectivity index (χ1n) is 12.3. The average molecular weight is 505 g/mol. The minimum Gasteiger partial charge on any atom is -0.497 e. The Morgan fingerprint density at radius 3 is 2.59 bits per heavy atom. The summed E-state index contributed by atoms with van der Waals surface area (Å²) < 4.78 is 11.9. The number of nitrogens with one attached hydrogen (secondary N) is 1. The lowest BCUT2D eigenvalue weighted by molar-refractivity contribution is -0.144. The van der Waals surface area contributed by atoms with E-state index in [2.05, 4.69) is 49.7 Å². The molecular formula is C27H32N6O4. The predicted molar refractivity (Wildman–Crippen MR) is 139 cm³/mol. The van der Waals surface area contributed by atoms with Crippen LogP contribution in [-0.4, -0.2) is 49.8 Å². The number of aromatic nitrogens is 5. The molecule has 0 saturated carbocycles. The first-order chi connectivity index (χ1) is 17.9. The first kappa shape index (κ1) is 26.0. The van der Waals surface area contributed by atoms with E-state index in [1.807, 2.05) is 38.1 Å². The smallest absolute Gasteiger partial charge is 0.327 e. The maximum absolute atomic E-state index is 13.1. The highest BCUT2D eigenvalue weighted by Crippen LogP contribution is 2.27. The molecule has 194 valence electrons. The number of aromatic amines is 1. The molecule has 1 N–H and O–H groups in total. The average Bonchev–Trinajstić information content (AvgIpc) is 3.33. The number of methoxy groups -OCH3 is 1. The number of benzene rings is 2. The lowest BCUT2D eigenvalue weighted by atomic mass is 10.1. The largest absolute Gasteiger partial charge is 0.497 e. The number of esters is 1. The summed E-state index contributed by atoms with van der Waals surface area (Å²) in [5.41, 5.74) is 3.45. The fourth-order valence-corrected chi connectivity index (χ4v) is 4.39. The van der Waals surface area contributed by atoms with Gasteiger partial charge in [-0.1, -0.05) is 36.8 Å². The Balaban J connectivity index is 1.72. The summed E-state index contributed by atoms with van der Waals surface area (Å²) in [7, 11) is 1.61. The molecule has 0 aliphatic rings. The predicted octanol–water partition coefficient (Wildman–Crippen LogP) is 3.55. The number of aryl methyl sites for hydroxylation is 1. The molecule has 0 bridgehead atoms. The van der Waals surface area contributed by atoms with E-state index >= 15 is 0 Å². The van der Waals surface area contributed by atoms with Crippen molar-refractivity contribution in [3.8, 4) is 5.75 Å². The van der Waals surface area contributed by atoms with Crippen LogP contribution in [0.15, 0.2) is 53.3 Å². The van der Waals surface area contributed by atoms with Crippen LogP contribution in [-0.2, 0) is 29.2 Å². The molecule has 0 amide bonds. The Morgan fingerprint density at radius 1 is 1.11 bits per heavy atom. The van der Waals surface area contributed by atoms with Crippen molar-refractivity contribution in [2.24, 2.45) is 0 Å². The van der Waals surface area contributed by atoms with Crippen LogP contribution >= 0.6 is 0 Å². The number of carbonyl (C=O) groups is 1. The van der Waals surface area contributed by atoms with Crippen LogP contribution < -0.4 is 10.3 Å². The fourth-order valence-electron chi connectivity index (χ4n) is 4.39. The summed E-state index contributed by atoms with van der Waals surface area (Å²) in [6, 6.07) is 15.5.